The lowest BCUT2D eigenvalue weighted by Gasteiger charge is -2.33. The molecule has 3 heteroatoms. The normalized spacial score (nSPS) is 23.0. The van der Waals surface area contributed by atoms with Crippen LogP contribution in [0.3, 0.4) is 0 Å². The van der Waals surface area contributed by atoms with Gasteiger partial charge in [0.25, 0.3) is 0 Å². The molecule has 1 heterocycles. The molecule has 18 heavy (non-hydrogen) atoms. The molecule has 3 nitrogen and oxygen atoms in total. The Balaban J connectivity index is 2.00. The molecule has 0 aliphatic carbocycles. The maximum atomic E-state index is 6.33. The molecule has 1 aliphatic heterocycles. The van der Waals surface area contributed by atoms with E-state index in [9.17, 15) is 0 Å². The van der Waals surface area contributed by atoms with Gasteiger partial charge in [-0.1, -0.05) is 29.3 Å². The molecule has 0 saturated carbocycles. The highest BCUT2D eigenvalue weighted by molar-refractivity contribution is 5.30. The summed E-state index contributed by atoms with van der Waals surface area (Å²) >= 11 is 0. The second-order valence-electron chi connectivity index (χ2n) is 5.47. The van der Waals surface area contributed by atoms with E-state index in [0.29, 0.717) is 6.10 Å². The molecule has 0 aromatic heterocycles. The summed E-state index contributed by atoms with van der Waals surface area (Å²) in [6, 6.07) is 6.67. The number of aryl methyl sites for hydroxylation is 2. The Morgan fingerprint density at radius 2 is 2.00 bits per heavy atom. The van der Waals surface area contributed by atoms with Gasteiger partial charge < -0.3 is 10.5 Å². The Morgan fingerprint density at radius 3 is 2.61 bits per heavy atom. The van der Waals surface area contributed by atoms with Crippen LogP contribution in [0.2, 0.25) is 0 Å². The van der Waals surface area contributed by atoms with Crippen LogP contribution in [0.1, 0.15) is 29.7 Å². The predicted molar refractivity (Wildman–Crippen MR) is 74.7 cm³/mol. The van der Waals surface area contributed by atoms with Gasteiger partial charge in [0.1, 0.15) is 0 Å². The first-order valence-corrected chi connectivity index (χ1v) is 6.72. The Hall–Kier alpha value is -0.900. The molecule has 1 aromatic rings. The van der Waals surface area contributed by atoms with Gasteiger partial charge in [-0.3, -0.25) is 4.90 Å². The summed E-state index contributed by atoms with van der Waals surface area (Å²) in [5, 5.41) is 0. The highest BCUT2D eigenvalue weighted by atomic mass is 16.5. The monoisotopic (exact) mass is 248 g/mol. The van der Waals surface area contributed by atoms with Crippen LogP contribution in [0.4, 0.5) is 0 Å². The molecule has 2 unspecified atom stereocenters. The van der Waals surface area contributed by atoms with Gasteiger partial charge in [0.2, 0.25) is 0 Å². The van der Waals surface area contributed by atoms with Crippen LogP contribution in [0.25, 0.3) is 0 Å². The third kappa shape index (κ3) is 3.55. The number of hydrogen-bond donors (Lipinski definition) is 1. The topological polar surface area (TPSA) is 38.5 Å². The fraction of sp³-hybridized carbons (Fsp3) is 0.600. The molecule has 1 fully saturated rings. The summed E-state index contributed by atoms with van der Waals surface area (Å²) in [6.45, 7) is 10.1. The Labute approximate surface area is 110 Å². The lowest BCUT2D eigenvalue weighted by atomic mass is 10.0. The molecule has 1 aliphatic rings. The van der Waals surface area contributed by atoms with Crippen LogP contribution in [0, 0.1) is 13.8 Å². The minimum atomic E-state index is 0.0916. The third-order valence-electron chi connectivity index (χ3n) is 3.45. The van der Waals surface area contributed by atoms with Crippen molar-refractivity contribution in [1.82, 2.24) is 4.90 Å². The molecular weight excluding hydrogens is 224 g/mol. The van der Waals surface area contributed by atoms with Crippen molar-refractivity contribution >= 4 is 0 Å². The Kier molecular flexibility index (Phi) is 4.38. The van der Waals surface area contributed by atoms with Gasteiger partial charge in [-0.2, -0.15) is 0 Å². The van der Waals surface area contributed by atoms with Gasteiger partial charge >= 0.3 is 0 Å². The maximum Gasteiger partial charge on any atom is 0.0674 e. The molecule has 1 aromatic carbocycles. The summed E-state index contributed by atoms with van der Waals surface area (Å²) in [5.74, 6) is 0. The highest BCUT2D eigenvalue weighted by Gasteiger charge is 2.19. The van der Waals surface area contributed by atoms with Gasteiger partial charge in [0.15, 0.2) is 0 Å². The minimum absolute atomic E-state index is 0.0916. The molecule has 0 amide bonds. The summed E-state index contributed by atoms with van der Waals surface area (Å²) in [6.07, 6.45) is 0.324. The number of benzene rings is 1. The number of rotatable bonds is 3. The second-order valence-corrected chi connectivity index (χ2v) is 5.47. The smallest absolute Gasteiger partial charge is 0.0674 e. The third-order valence-corrected chi connectivity index (χ3v) is 3.45. The SMILES string of the molecule is Cc1cc(C)cc(C(N)CN2CCOC(C)C2)c1. The van der Waals surface area contributed by atoms with Crippen LogP contribution in [-0.4, -0.2) is 37.2 Å². The van der Waals surface area contributed by atoms with Crippen molar-refractivity contribution in [2.75, 3.05) is 26.2 Å². The zero-order valence-corrected chi connectivity index (χ0v) is 11.6. The number of morpholine rings is 1. The standard InChI is InChI=1S/C15H24N2O/c1-11-6-12(2)8-14(7-11)15(16)10-17-4-5-18-13(3)9-17/h6-8,13,15H,4-5,9-10,16H2,1-3H3. The number of nitrogens with zero attached hydrogens (tertiary/aromatic N) is 1. The average Bonchev–Trinajstić information content (AvgIpc) is 2.27. The lowest BCUT2D eigenvalue weighted by molar-refractivity contribution is -0.0199. The van der Waals surface area contributed by atoms with Crippen molar-refractivity contribution in [2.24, 2.45) is 5.73 Å². The molecule has 100 valence electrons. The average molecular weight is 248 g/mol. The Morgan fingerprint density at radius 1 is 1.33 bits per heavy atom. The maximum absolute atomic E-state index is 6.33. The van der Waals surface area contributed by atoms with E-state index in [0.717, 1.165) is 26.2 Å². The van der Waals surface area contributed by atoms with Gasteiger partial charge in [0, 0.05) is 25.7 Å². The van der Waals surface area contributed by atoms with Crippen LogP contribution >= 0.6 is 0 Å². The molecule has 2 rings (SSSR count). The highest BCUT2D eigenvalue weighted by Crippen LogP contribution is 2.17. The van der Waals surface area contributed by atoms with E-state index in [1.165, 1.54) is 16.7 Å². The first kappa shape index (κ1) is 13.5. The molecule has 2 N–H and O–H groups in total. The van der Waals surface area contributed by atoms with Crippen molar-refractivity contribution in [1.29, 1.82) is 0 Å². The van der Waals surface area contributed by atoms with E-state index in [4.69, 9.17) is 10.5 Å². The van der Waals surface area contributed by atoms with Crippen LogP contribution < -0.4 is 5.73 Å². The van der Waals surface area contributed by atoms with Crippen LogP contribution in [0.15, 0.2) is 18.2 Å². The van der Waals surface area contributed by atoms with E-state index in [1.54, 1.807) is 0 Å². The molecule has 1 saturated heterocycles. The molecular formula is C15H24N2O. The fourth-order valence-corrected chi connectivity index (χ4v) is 2.66. The predicted octanol–water partition coefficient (Wildman–Crippen LogP) is 2.02. The molecule has 0 bridgehead atoms. The number of ether oxygens (including phenoxy) is 1. The summed E-state index contributed by atoms with van der Waals surface area (Å²) < 4.78 is 5.55. The summed E-state index contributed by atoms with van der Waals surface area (Å²) in [4.78, 5) is 2.40. The van der Waals surface area contributed by atoms with E-state index in [2.05, 4.69) is 43.9 Å². The van der Waals surface area contributed by atoms with E-state index in [1.807, 2.05) is 0 Å². The molecule has 0 spiro atoms. The van der Waals surface area contributed by atoms with E-state index in [-0.39, 0.29) is 6.04 Å². The number of nitrogens with two attached hydrogens (primary N) is 1. The largest absolute Gasteiger partial charge is 0.376 e. The minimum Gasteiger partial charge on any atom is -0.376 e. The van der Waals surface area contributed by atoms with Gasteiger partial charge in [-0.15, -0.1) is 0 Å². The quantitative estimate of drug-likeness (QED) is 0.889. The van der Waals surface area contributed by atoms with E-state index < -0.39 is 0 Å². The fourth-order valence-electron chi connectivity index (χ4n) is 2.66. The first-order valence-electron chi connectivity index (χ1n) is 6.72. The summed E-state index contributed by atoms with van der Waals surface area (Å²) in [7, 11) is 0. The molecule has 2 atom stereocenters. The van der Waals surface area contributed by atoms with Gasteiger partial charge in [-0.05, 0) is 26.3 Å². The van der Waals surface area contributed by atoms with Crippen molar-refractivity contribution in [2.45, 2.75) is 32.9 Å². The van der Waals surface area contributed by atoms with Crippen molar-refractivity contribution in [3.05, 3.63) is 34.9 Å². The second kappa shape index (κ2) is 5.83. The zero-order chi connectivity index (χ0) is 13.1. The van der Waals surface area contributed by atoms with Crippen LogP contribution in [-0.2, 0) is 4.74 Å². The van der Waals surface area contributed by atoms with Gasteiger partial charge in [0.05, 0.1) is 12.7 Å². The molecule has 0 radical (unpaired) electrons. The lowest BCUT2D eigenvalue weighted by Crippen LogP contribution is -2.44. The first-order chi connectivity index (χ1) is 8.54. The van der Waals surface area contributed by atoms with Crippen molar-refractivity contribution < 1.29 is 4.74 Å². The van der Waals surface area contributed by atoms with Crippen molar-refractivity contribution in [3.8, 4) is 0 Å². The Bertz CT molecular complexity index is 385. The van der Waals surface area contributed by atoms with Gasteiger partial charge in [-0.25, -0.2) is 0 Å². The van der Waals surface area contributed by atoms with Crippen molar-refractivity contribution in [3.63, 3.8) is 0 Å². The number of hydrogen-bond acceptors (Lipinski definition) is 3. The zero-order valence-electron chi connectivity index (χ0n) is 11.6. The van der Waals surface area contributed by atoms with Crippen LogP contribution in [0.5, 0.6) is 0 Å². The van der Waals surface area contributed by atoms with E-state index >= 15 is 0 Å². The summed E-state index contributed by atoms with van der Waals surface area (Å²) in [5.41, 5.74) is 10.1.